The number of benzene rings is 3. The molecular weight excluding hydrogens is 469 g/mol. The summed E-state index contributed by atoms with van der Waals surface area (Å²) in [7, 11) is 0. The summed E-state index contributed by atoms with van der Waals surface area (Å²) in [6.07, 6.45) is -4.30. The normalized spacial score (nSPS) is 10.9. The van der Waals surface area contributed by atoms with Crippen LogP contribution in [0.2, 0.25) is 0 Å². The van der Waals surface area contributed by atoms with Gasteiger partial charge in [0.1, 0.15) is 11.5 Å². The van der Waals surface area contributed by atoms with Gasteiger partial charge in [0, 0.05) is 24.2 Å². The fraction of sp³-hybridized carbons (Fsp3) is 0.167. The standard InChI is InChI=1S/C24H19F3N2O6/c25-24(26,27)35-21-9-5-18(6-10-21)23(31)28-14-13-16-1-3-17(4-2-16)15-22(30)34-20-11-7-19(8-12-20)29(32)33/h1-12H,13-15H2,(H,28,31). The first-order chi connectivity index (χ1) is 16.6. The second-order valence-corrected chi connectivity index (χ2v) is 7.30. The maximum atomic E-state index is 12.2. The minimum Gasteiger partial charge on any atom is -0.426 e. The molecule has 35 heavy (non-hydrogen) atoms. The highest BCUT2D eigenvalue weighted by molar-refractivity contribution is 5.94. The predicted octanol–water partition coefficient (Wildman–Crippen LogP) is 4.61. The molecule has 0 bridgehead atoms. The van der Waals surface area contributed by atoms with Crippen LogP contribution in [0.5, 0.6) is 11.5 Å². The second kappa shape index (κ2) is 11.1. The quantitative estimate of drug-likeness (QED) is 0.204. The number of esters is 1. The molecule has 1 amide bonds. The number of carbonyl (C=O) groups excluding carboxylic acids is 2. The summed E-state index contributed by atoms with van der Waals surface area (Å²) in [6, 6.07) is 16.9. The number of nitrogens with one attached hydrogen (secondary N) is 1. The van der Waals surface area contributed by atoms with Gasteiger partial charge in [-0.05, 0) is 53.9 Å². The third-order valence-corrected chi connectivity index (χ3v) is 4.70. The van der Waals surface area contributed by atoms with E-state index in [4.69, 9.17) is 4.74 Å². The average molecular weight is 488 g/mol. The molecule has 11 heteroatoms. The highest BCUT2D eigenvalue weighted by Crippen LogP contribution is 2.23. The zero-order valence-corrected chi connectivity index (χ0v) is 18.1. The van der Waals surface area contributed by atoms with Crippen LogP contribution in [0.1, 0.15) is 21.5 Å². The molecule has 0 atom stereocenters. The van der Waals surface area contributed by atoms with E-state index >= 15 is 0 Å². The van der Waals surface area contributed by atoms with E-state index in [2.05, 4.69) is 10.1 Å². The van der Waals surface area contributed by atoms with Crippen LogP contribution in [0, 0.1) is 10.1 Å². The van der Waals surface area contributed by atoms with E-state index in [0.29, 0.717) is 18.5 Å². The number of amides is 1. The van der Waals surface area contributed by atoms with E-state index in [0.717, 1.165) is 17.7 Å². The van der Waals surface area contributed by atoms with Crippen molar-refractivity contribution < 1.29 is 37.2 Å². The van der Waals surface area contributed by atoms with Gasteiger partial charge in [0.2, 0.25) is 0 Å². The Morgan fingerprint density at radius 3 is 2.00 bits per heavy atom. The van der Waals surface area contributed by atoms with Crippen molar-refractivity contribution in [3.8, 4) is 11.5 Å². The van der Waals surface area contributed by atoms with Gasteiger partial charge in [-0.2, -0.15) is 0 Å². The van der Waals surface area contributed by atoms with Crippen LogP contribution in [0.15, 0.2) is 72.8 Å². The highest BCUT2D eigenvalue weighted by Gasteiger charge is 2.31. The van der Waals surface area contributed by atoms with E-state index in [9.17, 15) is 32.9 Å². The molecule has 0 aromatic heterocycles. The number of hydrogen-bond acceptors (Lipinski definition) is 6. The Labute approximate surface area is 197 Å². The SMILES string of the molecule is O=C(Cc1ccc(CCNC(=O)c2ccc(OC(F)(F)F)cc2)cc1)Oc1ccc([N+](=O)[O-])cc1. The molecule has 0 saturated heterocycles. The van der Waals surface area contributed by atoms with Crippen molar-refractivity contribution in [3.63, 3.8) is 0 Å². The van der Waals surface area contributed by atoms with Gasteiger partial charge in [-0.15, -0.1) is 13.2 Å². The van der Waals surface area contributed by atoms with Gasteiger partial charge < -0.3 is 14.8 Å². The second-order valence-electron chi connectivity index (χ2n) is 7.30. The van der Waals surface area contributed by atoms with Gasteiger partial charge in [-0.3, -0.25) is 19.7 Å². The van der Waals surface area contributed by atoms with Crippen molar-refractivity contribution in [2.75, 3.05) is 6.54 Å². The molecule has 0 aliphatic heterocycles. The molecule has 0 aliphatic rings. The highest BCUT2D eigenvalue weighted by atomic mass is 19.4. The molecule has 0 aliphatic carbocycles. The first kappa shape index (κ1) is 25.2. The summed E-state index contributed by atoms with van der Waals surface area (Å²) in [5.41, 5.74) is 1.68. The van der Waals surface area contributed by atoms with E-state index in [-0.39, 0.29) is 23.4 Å². The van der Waals surface area contributed by atoms with Gasteiger partial charge in [-0.1, -0.05) is 24.3 Å². The minimum absolute atomic E-state index is 0.00204. The van der Waals surface area contributed by atoms with Crippen LogP contribution in [0.4, 0.5) is 18.9 Å². The van der Waals surface area contributed by atoms with E-state index in [1.54, 1.807) is 24.3 Å². The Bertz CT molecular complexity index is 1180. The monoisotopic (exact) mass is 488 g/mol. The fourth-order valence-electron chi connectivity index (χ4n) is 3.02. The summed E-state index contributed by atoms with van der Waals surface area (Å²) < 4.78 is 45.5. The lowest BCUT2D eigenvalue weighted by Gasteiger charge is -2.10. The minimum atomic E-state index is -4.80. The Balaban J connectivity index is 1.43. The summed E-state index contributed by atoms with van der Waals surface area (Å²) in [5, 5.41) is 13.3. The Hall–Kier alpha value is -4.41. The summed E-state index contributed by atoms with van der Waals surface area (Å²) in [5.74, 6) is -1.17. The van der Waals surface area contributed by atoms with Crippen molar-refractivity contribution in [3.05, 3.63) is 99.6 Å². The molecular formula is C24H19F3N2O6. The lowest BCUT2D eigenvalue weighted by molar-refractivity contribution is -0.384. The van der Waals surface area contributed by atoms with Crippen LogP contribution >= 0.6 is 0 Å². The number of non-ortho nitro benzene ring substituents is 1. The van der Waals surface area contributed by atoms with Crippen LogP contribution in [0.3, 0.4) is 0 Å². The number of carbonyl (C=O) groups is 2. The molecule has 182 valence electrons. The van der Waals surface area contributed by atoms with Crippen LogP contribution in [-0.2, 0) is 17.6 Å². The van der Waals surface area contributed by atoms with Gasteiger partial charge in [-0.25, -0.2) is 0 Å². The van der Waals surface area contributed by atoms with Gasteiger partial charge in [0.15, 0.2) is 0 Å². The summed E-state index contributed by atoms with van der Waals surface area (Å²) in [4.78, 5) is 34.3. The Morgan fingerprint density at radius 1 is 0.857 bits per heavy atom. The molecule has 8 nitrogen and oxygen atoms in total. The van der Waals surface area contributed by atoms with Crippen LogP contribution in [0.25, 0.3) is 0 Å². The Kier molecular flexibility index (Phi) is 8.03. The van der Waals surface area contributed by atoms with Crippen LogP contribution in [-0.4, -0.2) is 29.7 Å². The molecule has 0 fully saturated rings. The number of halogens is 3. The van der Waals surface area contributed by atoms with Gasteiger partial charge >= 0.3 is 12.3 Å². The smallest absolute Gasteiger partial charge is 0.426 e. The third kappa shape index (κ3) is 8.14. The molecule has 3 aromatic carbocycles. The molecule has 3 aromatic rings. The Morgan fingerprint density at radius 2 is 1.43 bits per heavy atom. The van der Waals surface area contributed by atoms with Crippen molar-refractivity contribution in [1.82, 2.24) is 5.32 Å². The summed E-state index contributed by atoms with van der Waals surface area (Å²) >= 11 is 0. The first-order valence-electron chi connectivity index (χ1n) is 10.3. The summed E-state index contributed by atoms with van der Waals surface area (Å²) in [6.45, 7) is 0.293. The fourth-order valence-corrected chi connectivity index (χ4v) is 3.02. The number of nitro benzene ring substituents is 1. The van der Waals surface area contributed by atoms with Gasteiger partial charge in [0.05, 0.1) is 11.3 Å². The molecule has 0 radical (unpaired) electrons. The van der Waals surface area contributed by atoms with Crippen molar-refractivity contribution in [1.29, 1.82) is 0 Å². The van der Waals surface area contributed by atoms with E-state index < -0.39 is 28.9 Å². The topological polar surface area (TPSA) is 108 Å². The van der Waals surface area contributed by atoms with E-state index in [1.807, 2.05) is 0 Å². The third-order valence-electron chi connectivity index (χ3n) is 4.70. The maximum absolute atomic E-state index is 12.2. The van der Waals surface area contributed by atoms with Crippen molar-refractivity contribution >= 4 is 17.6 Å². The van der Waals surface area contributed by atoms with E-state index in [1.165, 1.54) is 36.4 Å². The average Bonchev–Trinajstić information content (AvgIpc) is 2.80. The number of alkyl halides is 3. The molecule has 0 heterocycles. The number of hydrogen-bond donors (Lipinski definition) is 1. The number of nitro groups is 1. The van der Waals surface area contributed by atoms with Crippen molar-refractivity contribution in [2.24, 2.45) is 0 Å². The molecule has 0 spiro atoms. The maximum Gasteiger partial charge on any atom is 0.573 e. The first-order valence-corrected chi connectivity index (χ1v) is 10.3. The lowest BCUT2D eigenvalue weighted by Crippen LogP contribution is -2.25. The number of nitrogens with zero attached hydrogens (tertiary/aromatic N) is 1. The van der Waals surface area contributed by atoms with Crippen molar-refractivity contribution in [2.45, 2.75) is 19.2 Å². The zero-order chi connectivity index (χ0) is 25.4. The largest absolute Gasteiger partial charge is 0.573 e. The number of rotatable bonds is 9. The number of ether oxygens (including phenoxy) is 2. The molecule has 1 N–H and O–H groups in total. The molecule has 0 saturated carbocycles. The zero-order valence-electron chi connectivity index (χ0n) is 18.1. The lowest BCUT2D eigenvalue weighted by atomic mass is 10.1. The van der Waals surface area contributed by atoms with Crippen LogP contribution < -0.4 is 14.8 Å². The van der Waals surface area contributed by atoms with Gasteiger partial charge in [0.25, 0.3) is 11.6 Å². The molecule has 3 rings (SSSR count). The molecule has 0 unspecified atom stereocenters. The predicted molar refractivity (Wildman–Crippen MR) is 118 cm³/mol.